The average Bonchev–Trinajstić information content (AvgIpc) is 2.81. The van der Waals surface area contributed by atoms with Crippen LogP contribution in [0.15, 0.2) is 33.3 Å². The highest BCUT2D eigenvalue weighted by Crippen LogP contribution is 2.26. The lowest BCUT2D eigenvalue weighted by molar-refractivity contribution is 0.360. The number of halogens is 2. The molecular formula is C12H12BrFN2O. The van der Waals surface area contributed by atoms with E-state index < -0.39 is 0 Å². The molecule has 0 aliphatic heterocycles. The third-order valence-corrected chi connectivity index (χ3v) is 3.16. The molecule has 1 aromatic carbocycles. The zero-order chi connectivity index (χ0) is 12.4. The van der Waals surface area contributed by atoms with Gasteiger partial charge in [-0.3, -0.25) is 0 Å². The maximum Gasteiger partial charge on any atom is 0.154 e. The highest BCUT2D eigenvalue weighted by Gasteiger charge is 2.12. The second-order valence-electron chi connectivity index (χ2n) is 3.76. The van der Waals surface area contributed by atoms with Gasteiger partial charge in [0.2, 0.25) is 0 Å². The Bertz CT molecular complexity index is 527. The van der Waals surface area contributed by atoms with Gasteiger partial charge in [0, 0.05) is 11.6 Å². The molecule has 0 amide bonds. The number of hydrogen-bond donors (Lipinski definition) is 1. The van der Waals surface area contributed by atoms with Gasteiger partial charge in [0.05, 0.1) is 10.5 Å². The van der Waals surface area contributed by atoms with Gasteiger partial charge in [0.15, 0.2) is 5.76 Å². The quantitative estimate of drug-likeness (QED) is 0.941. The average molecular weight is 299 g/mol. The molecule has 0 aliphatic carbocycles. The molecule has 2 aromatic rings. The Hall–Kier alpha value is -1.20. The number of nitrogens with two attached hydrogens (primary N) is 1. The highest BCUT2D eigenvalue weighted by atomic mass is 79.9. The molecule has 1 aromatic heterocycles. The molecule has 5 heteroatoms. The Balaban J connectivity index is 2.33. The lowest BCUT2D eigenvalue weighted by atomic mass is 10.1. The van der Waals surface area contributed by atoms with Crippen LogP contribution in [0.4, 0.5) is 4.39 Å². The molecule has 3 nitrogen and oxygen atoms in total. The smallest absolute Gasteiger partial charge is 0.154 e. The second-order valence-corrected chi connectivity index (χ2v) is 4.61. The maximum atomic E-state index is 13.1. The van der Waals surface area contributed by atoms with Crippen LogP contribution < -0.4 is 5.73 Å². The van der Waals surface area contributed by atoms with Crippen LogP contribution in [0.25, 0.3) is 11.3 Å². The lowest BCUT2D eigenvalue weighted by Crippen LogP contribution is -2.06. The third-order valence-electron chi connectivity index (χ3n) is 2.55. The summed E-state index contributed by atoms with van der Waals surface area (Å²) in [5, 5.41) is 3.93. The zero-order valence-electron chi connectivity index (χ0n) is 9.28. The highest BCUT2D eigenvalue weighted by molar-refractivity contribution is 9.10. The summed E-state index contributed by atoms with van der Waals surface area (Å²) in [4.78, 5) is 0. The van der Waals surface area contributed by atoms with Crippen LogP contribution in [0, 0.1) is 5.82 Å². The van der Waals surface area contributed by atoms with Crippen LogP contribution in [0.3, 0.4) is 0 Å². The lowest BCUT2D eigenvalue weighted by Gasteiger charge is -2.00. The van der Waals surface area contributed by atoms with Crippen molar-refractivity contribution in [2.75, 3.05) is 0 Å². The fourth-order valence-electron chi connectivity index (χ4n) is 1.46. The van der Waals surface area contributed by atoms with E-state index in [0.717, 1.165) is 12.0 Å². The van der Waals surface area contributed by atoms with Crippen LogP contribution in [0.5, 0.6) is 0 Å². The fraction of sp³-hybridized carbons (Fsp3) is 0.250. The van der Waals surface area contributed by atoms with Crippen molar-refractivity contribution in [3.63, 3.8) is 0 Å². The Labute approximate surface area is 107 Å². The number of nitrogens with zero attached hydrogens (tertiary/aromatic N) is 1. The van der Waals surface area contributed by atoms with Crippen LogP contribution in [0.2, 0.25) is 0 Å². The number of aromatic nitrogens is 1. The molecule has 17 heavy (non-hydrogen) atoms. The van der Waals surface area contributed by atoms with Crippen molar-refractivity contribution in [2.24, 2.45) is 5.73 Å². The summed E-state index contributed by atoms with van der Waals surface area (Å²) in [7, 11) is 0. The van der Waals surface area contributed by atoms with E-state index >= 15 is 0 Å². The molecule has 90 valence electrons. The molecule has 2 N–H and O–H groups in total. The SMILES string of the molecule is CCC(N)c1cc(-c2ccc(F)c(Br)c2)no1. The van der Waals surface area contributed by atoms with E-state index in [1.807, 2.05) is 6.92 Å². The summed E-state index contributed by atoms with van der Waals surface area (Å²) in [6, 6.07) is 6.33. The van der Waals surface area contributed by atoms with Crippen molar-refractivity contribution in [1.82, 2.24) is 5.16 Å². The monoisotopic (exact) mass is 298 g/mol. The van der Waals surface area contributed by atoms with Crippen LogP contribution in [0.1, 0.15) is 25.1 Å². The largest absolute Gasteiger partial charge is 0.359 e. The molecule has 1 heterocycles. The van der Waals surface area contributed by atoms with Crippen molar-refractivity contribution >= 4 is 15.9 Å². The summed E-state index contributed by atoms with van der Waals surface area (Å²) in [6.45, 7) is 1.97. The van der Waals surface area contributed by atoms with Gasteiger partial charge in [-0.1, -0.05) is 12.1 Å². The van der Waals surface area contributed by atoms with Gasteiger partial charge >= 0.3 is 0 Å². The van der Waals surface area contributed by atoms with Crippen LogP contribution in [-0.4, -0.2) is 5.16 Å². The molecule has 0 bridgehead atoms. The first-order valence-electron chi connectivity index (χ1n) is 5.29. The Morgan fingerprint density at radius 3 is 2.88 bits per heavy atom. The molecule has 2 rings (SSSR count). The molecule has 0 fully saturated rings. The Morgan fingerprint density at radius 1 is 1.47 bits per heavy atom. The van der Waals surface area contributed by atoms with Gasteiger partial charge in [-0.25, -0.2) is 4.39 Å². The molecule has 1 unspecified atom stereocenters. The van der Waals surface area contributed by atoms with E-state index in [-0.39, 0.29) is 11.9 Å². The summed E-state index contributed by atoms with van der Waals surface area (Å²) in [5.41, 5.74) is 7.28. The van der Waals surface area contributed by atoms with E-state index in [4.69, 9.17) is 10.3 Å². The first-order valence-corrected chi connectivity index (χ1v) is 6.08. The van der Waals surface area contributed by atoms with Crippen molar-refractivity contribution in [2.45, 2.75) is 19.4 Å². The number of hydrogen-bond acceptors (Lipinski definition) is 3. The van der Waals surface area contributed by atoms with Gasteiger partial charge in [-0.2, -0.15) is 0 Å². The number of rotatable bonds is 3. The summed E-state index contributed by atoms with van der Waals surface area (Å²) < 4.78 is 18.7. The minimum Gasteiger partial charge on any atom is -0.359 e. The predicted octanol–water partition coefficient (Wildman–Crippen LogP) is 3.65. The molecule has 0 spiro atoms. The van der Waals surface area contributed by atoms with Gasteiger partial charge in [0.1, 0.15) is 11.5 Å². The van der Waals surface area contributed by atoms with Crippen LogP contribution >= 0.6 is 15.9 Å². The van der Waals surface area contributed by atoms with Crippen molar-refractivity contribution in [3.8, 4) is 11.3 Å². The Morgan fingerprint density at radius 2 is 2.24 bits per heavy atom. The van der Waals surface area contributed by atoms with Crippen LogP contribution in [-0.2, 0) is 0 Å². The standard InChI is InChI=1S/C12H12BrFN2O/c1-2-10(15)12-6-11(16-17-12)7-3-4-9(14)8(13)5-7/h3-6,10H,2,15H2,1H3. The molecule has 0 radical (unpaired) electrons. The minimum atomic E-state index is -0.303. The molecule has 1 atom stereocenters. The van der Waals surface area contributed by atoms with Gasteiger partial charge in [-0.05, 0) is 40.5 Å². The third kappa shape index (κ3) is 2.56. The summed E-state index contributed by atoms with van der Waals surface area (Å²) in [6.07, 6.45) is 0.780. The van der Waals surface area contributed by atoms with Gasteiger partial charge in [-0.15, -0.1) is 0 Å². The first kappa shape index (κ1) is 12.3. The molecule has 0 saturated heterocycles. The maximum absolute atomic E-state index is 13.1. The predicted molar refractivity (Wildman–Crippen MR) is 66.8 cm³/mol. The minimum absolute atomic E-state index is 0.153. The van der Waals surface area contributed by atoms with E-state index in [1.165, 1.54) is 6.07 Å². The van der Waals surface area contributed by atoms with Crippen molar-refractivity contribution in [3.05, 3.63) is 40.3 Å². The summed E-state index contributed by atoms with van der Waals surface area (Å²) in [5.74, 6) is 0.339. The van der Waals surface area contributed by atoms with Gasteiger partial charge in [0.25, 0.3) is 0 Å². The number of benzene rings is 1. The molecular weight excluding hydrogens is 287 g/mol. The van der Waals surface area contributed by atoms with E-state index in [2.05, 4.69) is 21.1 Å². The summed E-state index contributed by atoms with van der Waals surface area (Å²) >= 11 is 3.13. The van der Waals surface area contributed by atoms with E-state index in [1.54, 1.807) is 18.2 Å². The zero-order valence-corrected chi connectivity index (χ0v) is 10.9. The van der Waals surface area contributed by atoms with E-state index in [0.29, 0.717) is 15.9 Å². The van der Waals surface area contributed by atoms with Crippen molar-refractivity contribution in [1.29, 1.82) is 0 Å². The fourth-order valence-corrected chi connectivity index (χ4v) is 1.84. The van der Waals surface area contributed by atoms with Gasteiger partial charge < -0.3 is 10.3 Å². The normalized spacial score (nSPS) is 12.7. The topological polar surface area (TPSA) is 52.0 Å². The molecule has 0 aliphatic rings. The first-order chi connectivity index (χ1) is 8.11. The van der Waals surface area contributed by atoms with Crippen molar-refractivity contribution < 1.29 is 8.91 Å². The second kappa shape index (κ2) is 4.98. The van der Waals surface area contributed by atoms with E-state index in [9.17, 15) is 4.39 Å². The Kier molecular flexibility index (Phi) is 3.59. The molecule has 0 saturated carbocycles.